The third-order valence-electron chi connectivity index (χ3n) is 7.00. The number of aliphatic hydroxyl groups is 1. The molecule has 0 aliphatic carbocycles. The average molecular weight is 534 g/mol. The van der Waals surface area contributed by atoms with Gasteiger partial charge in [-0.05, 0) is 34.0 Å². The first-order chi connectivity index (χ1) is 18.0. The van der Waals surface area contributed by atoms with Gasteiger partial charge in [0, 0.05) is 44.7 Å². The quantitative estimate of drug-likeness (QED) is 0.307. The second-order valence-electron chi connectivity index (χ2n) is 9.52. The van der Waals surface area contributed by atoms with Crippen molar-refractivity contribution in [1.82, 2.24) is 14.8 Å². The van der Waals surface area contributed by atoms with E-state index in [0.29, 0.717) is 38.3 Å². The summed E-state index contributed by atoms with van der Waals surface area (Å²) in [6, 6.07) is 18.0. The van der Waals surface area contributed by atoms with Crippen LogP contribution in [-0.4, -0.2) is 52.6 Å². The molecule has 5 rings (SSSR count). The van der Waals surface area contributed by atoms with Crippen molar-refractivity contribution in [3.63, 3.8) is 0 Å². The number of para-hydroxylation sites is 1. The lowest BCUT2D eigenvalue weighted by atomic mass is 9.99. The maximum absolute atomic E-state index is 13.5. The number of aliphatic hydroxyl groups excluding tert-OH is 1. The number of hydrogen-bond acceptors (Lipinski definition) is 4. The zero-order valence-corrected chi connectivity index (χ0v) is 20.2. The van der Waals surface area contributed by atoms with Gasteiger partial charge >= 0.3 is 12.4 Å². The van der Waals surface area contributed by atoms with Crippen LogP contribution < -0.4 is 0 Å². The van der Waals surface area contributed by atoms with Crippen molar-refractivity contribution in [1.29, 1.82) is 0 Å². The fourth-order valence-electron chi connectivity index (χ4n) is 5.07. The van der Waals surface area contributed by atoms with Gasteiger partial charge in [0.1, 0.15) is 5.69 Å². The van der Waals surface area contributed by atoms with Crippen LogP contribution in [-0.2, 0) is 18.9 Å². The van der Waals surface area contributed by atoms with E-state index < -0.39 is 35.2 Å². The van der Waals surface area contributed by atoms with Crippen LogP contribution in [0.25, 0.3) is 21.7 Å². The number of aromatic nitrogens is 1. The molecule has 1 aliphatic rings. The zero-order chi connectivity index (χ0) is 27.1. The molecule has 0 amide bonds. The summed E-state index contributed by atoms with van der Waals surface area (Å²) < 4.78 is 81.2. The van der Waals surface area contributed by atoms with Crippen LogP contribution in [0.4, 0.5) is 26.3 Å². The number of benzene rings is 3. The van der Waals surface area contributed by atoms with Crippen LogP contribution >= 0.6 is 0 Å². The highest BCUT2D eigenvalue weighted by Gasteiger charge is 2.38. The molecule has 1 atom stereocenters. The van der Waals surface area contributed by atoms with E-state index in [1.54, 1.807) is 0 Å². The summed E-state index contributed by atoms with van der Waals surface area (Å²) in [6.07, 6.45) is -11.3. The highest BCUT2D eigenvalue weighted by atomic mass is 19.4. The number of fused-ring (bicyclic) bond motifs is 2. The monoisotopic (exact) mass is 533 g/mol. The van der Waals surface area contributed by atoms with Gasteiger partial charge in [-0.25, -0.2) is 4.98 Å². The molecule has 2 heterocycles. The number of pyridine rings is 1. The molecule has 1 aliphatic heterocycles. The number of piperazine rings is 1. The molecule has 3 aromatic carbocycles. The maximum atomic E-state index is 13.5. The van der Waals surface area contributed by atoms with Crippen molar-refractivity contribution in [3.05, 3.63) is 89.1 Å². The second-order valence-corrected chi connectivity index (χ2v) is 9.52. The minimum Gasteiger partial charge on any atom is -0.387 e. The van der Waals surface area contributed by atoms with Crippen LogP contribution in [0.15, 0.2) is 66.7 Å². The van der Waals surface area contributed by atoms with Gasteiger partial charge in [0.15, 0.2) is 0 Å². The predicted molar refractivity (Wildman–Crippen MR) is 132 cm³/mol. The molecule has 4 nitrogen and oxygen atoms in total. The average Bonchev–Trinajstić information content (AvgIpc) is 2.88. The predicted octanol–water partition coefficient (Wildman–Crippen LogP) is 6.28. The van der Waals surface area contributed by atoms with Crippen LogP contribution in [0.5, 0.6) is 0 Å². The third kappa shape index (κ3) is 5.48. The van der Waals surface area contributed by atoms with Gasteiger partial charge in [-0.1, -0.05) is 54.6 Å². The summed E-state index contributed by atoms with van der Waals surface area (Å²) in [5, 5.41) is 13.1. The molecule has 0 unspecified atom stereocenters. The molecular weight excluding hydrogens is 508 g/mol. The minimum atomic E-state index is -4.96. The summed E-state index contributed by atoms with van der Waals surface area (Å²) >= 11 is 0. The number of nitrogens with zero attached hydrogens (tertiary/aromatic N) is 3. The second kappa shape index (κ2) is 10.2. The van der Waals surface area contributed by atoms with Crippen LogP contribution in [0.2, 0.25) is 0 Å². The van der Waals surface area contributed by atoms with Gasteiger partial charge in [-0.3, -0.25) is 9.80 Å². The summed E-state index contributed by atoms with van der Waals surface area (Å²) in [4.78, 5) is 7.48. The minimum absolute atomic E-state index is 0.00519. The summed E-state index contributed by atoms with van der Waals surface area (Å²) in [7, 11) is 0. The van der Waals surface area contributed by atoms with E-state index in [-0.39, 0.29) is 17.5 Å². The van der Waals surface area contributed by atoms with Crippen molar-refractivity contribution >= 4 is 21.7 Å². The Kier molecular flexibility index (Phi) is 7.06. The highest BCUT2D eigenvalue weighted by Crippen LogP contribution is 2.39. The molecule has 10 heteroatoms. The normalized spacial score (nSPS) is 16.8. The van der Waals surface area contributed by atoms with E-state index in [1.165, 1.54) is 17.0 Å². The lowest BCUT2D eigenvalue weighted by Gasteiger charge is -2.36. The molecule has 1 saturated heterocycles. The van der Waals surface area contributed by atoms with E-state index in [9.17, 15) is 31.4 Å². The first kappa shape index (κ1) is 26.4. The molecule has 0 radical (unpaired) electrons. The Labute approximate surface area is 215 Å². The third-order valence-corrected chi connectivity index (χ3v) is 7.00. The molecule has 200 valence electrons. The Hall–Kier alpha value is -3.21. The summed E-state index contributed by atoms with van der Waals surface area (Å²) in [5.74, 6) is 0. The van der Waals surface area contributed by atoms with Gasteiger partial charge in [0.25, 0.3) is 0 Å². The molecule has 0 saturated carbocycles. The van der Waals surface area contributed by atoms with E-state index in [2.05, 4.69) is 34.1 Å². The zero-order valence-electron chi connectivity index (χ0n) is 20.2. The van der Waals surface area contributed by atoms with Crippen LogP contribution in [0.1, 0.15) is 28.5 Å². The maximum Gasteiger partial charge on any atom is 0.433 e. The molecule has 1 aromatic heterocycles. The Morgan fingerprint density at radius 3 is 2.11 bits per heavy atom. The fraction of sp³-hybridized carbons (Fsp3) is 0.321. The summed E-state index contributed by atoms with van der Waals surface area (Å²) in [5.41, 5.74) is -2.57. The van der Waals surface area contributed by atoms with Crippen molar-refractivity contribution in [3.8, 4) is 0 Å². The standard InChI is InChI=1S/C28H25F6N3O/c29-27(30,31)23-10-4-9-21-22(15-25(28(32,33)34)35-26(21)23)24(38)17-37-13-11-36(12-14-37)16-19-7-3-6-18-5-1-2-8-20(18)19/h1-10,15,24,38H,11-14,16-17H2/t24-/m0/s1. The van der Waals surface area contributed by atoms with Crippen molar-refractivity contribution in [2.24, 2.45) is 0 Å². The Morgan fingerprint density at radius 1 is 0.763 bits per heavy atom. The van der Waals surface area contributed by atoms with Crippen molar-refractivity contribution < 1.29 is 31.4 Å². The van der Waals surface area contributed by atoms with Gasteiger partial charge in [0.2, 0.25) is 0 Å². The smallest absolute Gasteiger partial charge is 0.387 e. The van der Waals surface area contributed by atoms with E-state index >= 15 is 0 Å². The van der Waals surface area contributed by atoms with E-state index in [0.717, 1.165) is 18.0 Å². The first-order valence-electron chi connectivity index (χ1n) is 12.2. The highest BCUT2D eigenvalue weighted by molar-refractivity contribution is 5.86. The number of alkyl halides is 6. The Bertz CT molecular complexity index is 1440. The number of β-amino-alcohol motifs (C(OH)–C–C–N with tert-alkyl or cyclic N) is 1. The SMILES string of the molecule is O[C@@H](CN1CCN(Cc2cccc3ccccc23)CC1)c1cc(C(F)(F)F)nc2c(C(F)(F)F)cccc12. The lowest BCUT2D eigenvalue weighted by molar-refractivity contribution is -0.142. The van der Waals surface area contributed by atoms with Crippen molar-refractivity contribution in [2.75, 3.05) is 32.7 Å². The lowest BCUT2D eigenvalue weighted by Crippen LogP contribution is -2.47. The van der Waals surface area contributed by atoms with Crippen LogP contribution in [0, 0.1) is 0 Å². The first-order valence-corrected chi connectivity index (χ1v) is 12.2. The molecular formula is C28H25F6N3O. The molecule has 1 fully saturated rings. The van der Waals surface area contributed by atoms with Crippen LogP contribution in [0.3, 0.4) is 0 Å². The van der Waals surface area contributed by atoms with E-state index in [1.807, 2.05) is 23.1 Å². The molecule has 4 aromatic rings. The topological polar surface area (TPSA) is 39.6 Å². The van der Waals surface area contributed by atoms with Gasteiger partial charge in [-0.2, -0.15) is 26.3 Å². The number of halogens is 6. The number of hydrogen-bond donors (Lipinski definition) is 1. The fourth-order valence-corrected chi connectivity index (χ4v) is 5.07. The molecule has 0 bridgehead atoms. The van der Waals surface area contributed by atoms with Gasteiger partial charge in [-0.15, -0.1) is 0 Å². The van der Waals surface area contributed by atoms with E-state index in [4.69, 9.17) is 0 Å². The van der Waals surface area contributed by atoms with Gasteiger partial charge < -0.3 is 5.11 Å². The summed E-state index contributed by atoms with van der Waals surface area (Å²) in [6.45, 7) is 3.21. The van der Waals surface area contributed by atoms with Crippen molar-refractivity contribution in [2.45, 2.75) is 25.0 Å². The molecule has 38 heavy (non-hydrogen) atoms. The van der Waals surface area contributed by atoms with Gasteiger partial charge in [0.05, 0.1) is 17.2 Å². The largest absolute Gasteiger partial charge is 0.433 e. The Morgan fingerprint density at radius 2 is 1.39 bits per heavy atom. The molecule has 1 N–H and O–H groups in total. The Balaban J connectivity index is 1.33. The number of rotatable bonds is 5. The molecule has 0 spiro atoms.